The molecule has 0 aliphatic heterocycles. The van der Waals surface area contributed by atoms with E-state index >= 15 is 0 Å². The molecule has 0 radical (unpaired) electrons. The minimum Gasteiger partial charge on any atom is -0.497 e. The third-order valence-corrected chi connectivity index (χ3v) is 3.58. The molecule has 2 N–H and O–H groups in total. The van der Waals surface area contributed by atoms with E-state index < -0.39 is 0 Å². The summed E-state index contributed by atoms with van der Waals surface area (Å²) >= 11 is 0. The Morgan fingerprint density at radius 2 is 1.73 bits per heavy atom. The van der Waals surface area contributed by atoms with Gasteiger partial charge in [-0.15, -0.1) is 0 Å². The van der Waals surface area contributed by atoms with Crippen LogP contribution in [0.3, 0.4) is 0 Å². The van der Waals surface area contributed by atoms with Crippen molar-refractivity contribution in [1.82, 2.24) is 4.90 Å². The summed E-state index contributed by atoms with van der Waals surface area (Å²) in [6, 6.07) is 16.3. The van der Waals surface area contributed by atoms with Gasteiger partial charge in [0.15, 0.2) is 0 Å². The normalized spacial score (nSPS) is 10.7. The largest absolute Gasteiger partial charge is 0.497 e. The Morgan fingerprint density at radius 3 is 2.36 bits per heavy atom. The number of benzene rings is 2. The molecule has 0 saturated carbocycles. The zero-order valence-electron chi connectivity index (χ0n) is 13.3. The fourth-order valence-electron chi connectivity index (χ4n) is 2.48. The second-order valence-corrected chi connectivity index (χ2v) is 5.16. The van der Waals surface area contributed by atoms with Crippen molar-refractivity contribution < 1.29 is 9.47 Å². The molecule has 0 fully saturated rings. The smallest absolute Gasteiger partial charge is 0.123 e. The highest BCUT2D eigenvalue weighted by molar-refractivity contribution is 5.40. The highest BCUT2D eigenvalue weighted by Crippen LogP contribution is 2.25. The van der Waals surface area contributed by atoms with Crippen LogP contribution in [0.1, 0.15) is 11.1 Å². The molecule has 0 aliphatic rings. The number of nitrogens with zero attached hydrogens (tertiary/aromatic N) is 1. The van der Waals surface area contributed by atoms with E-state index in [9.17, 15) is 0 Å². The predicted octanol–water partition coefficient (Wildman–Crippen LogP) is 2.66. The van der Waals surface area contributed by atoms with Gasteiger partial charge >= 0.3 is 0 Å². The number of ether oxygens (including phenoxy) is 2. The zero-order valence-corrected chi connectivity index (χ0v) is 13.3. The summed E-state index contributed by atoms with van der Waals surface area (Å²) in [5.41, 5.74) is 8.14. The lowest BCUT2D eigenvalue weighted by atomic mass is 10.1. The van der Waals surface area contributed by atoms with Crippen LogP contribution in [0.25, 0.3) is 0 Å². The van der Waals surface area contributed by atoms with Crippen molar-refractivity contribution in [3.05, 3.63) is 59.7 Å². The molecule has 118 valence electrons. The third kappa shape index (κ3) is 4.48. The van der Waals surface area contributed by atoms with Gasteiger partial charge in [0.1, 0.15) is 11.5 Å². The van der Waals surface area contributed by atoms with Gasteiger partial charge in [-0.25, -0.2) is 0 Å². The van der Waals surface area contributed by atoms with Gasteiger partial charge < -0.3 is 15.2 Å². The summed E-state index contributed by atoms with van der Waals surface area (Å²) in [7, 11) is 3.36. The van der Waals surface area contributed by atoms with Crippen LogP contribution in [0.2, 0.25) is 0 Å². The quantitative estimate of drug-likeness (QED) is 0.814. The minimum absolute atomic E-state index is 0.624. The van der Waals surface area contributed by atoms with Gasteiger partial charge in [0, 0.05) is 31.7 Å². The number of hydrogen-bond acceptors (Lipinski definition) is 4. The molecule has 0 saturated heterocycles. The van der Waals surface area contributed by atoms with E-state index in [2.05, 4.69) is 29.2 Å². The number of hydrogen-bond donors (Lipinski definition) is 1. The lowest BCUT2D eigenvalue weighted by molar-refractivity contribution is 0.259. The molecule has 2 aromatic carbocycles. The van der Waals surface area contributed by atoms with Crippen molar-refractivity contribution in [2.24, 2.45) is 5.73 Å². The predicted molar refractivity (Wildman–Crippen MR) is 89.2 cm³/mol. The first-order valence-electron chi connectivity index (χ1n) is 7.44. The first-order valence-corrected chi connectivity index (χ1v) is 7.44. The van der Waals surface area contributed by atoms with Crippen molar-refractivity contribution >= 4 is 0 Å². The maximum Gasteiger partial charge on any atom is 0.123 e. The van der Waals surface area contributed by atoms with Crippen LogP contribution in [0.4, 0.5) is 0 Å². The first kappa shape index (κ1) is 16.3. The molecular weight excluding hydrogens is 276 g/mol. The summed E-state index contributed by atoms with van der Waals surface area (Å²) in [6.45, 7) is 3.08. The standard InChI is InChI=1S/C18H24N2O2/c1-21-17-8-9-18(22-2)16(12-17)14-20(11-10-19)13-15-6-4-3-5-7-15/h3-9,12H,10-11,13-14,19H2,1-2H3. The Hall–Kier alpha value is -2.04. The van der Waals surface area contributed by atoms with Crippen LogP contribution in [-0.4, -0.2) is 32.2 Å². The molecule has 2 aromatic rings. The van der Waals surface area contributed by atoms with E-state index in [0.717, 1.165) is 36.7 Å². The van der Waals surface area contributed by atoms with Gasteiger partial charge in [-0.1, -0.05) is 30.3 Å². The number of methoxy groups -OCH3 is 2. The van der Waals surface area contributed by atoms with E-state index in [1.54, 1.807) is 14.2 Å². The summed E-state index contributed by atoms with van der Waals surface area (Å²) in [6.07, 6.45) is 0. The molecule has 0 heterocycles. The summed E-state index contributed by atoms with van der Waals surface area (Å²) in [4.78, 5) is 2.31. The van der Waals surface area contributed by atoms with Crippen LogP contribution in [-0.2, 0) is 13.1 Å². The zero-order chi connectivity index (χ0) is 15.8. The third-order valence-electron chi connectivity index (χ3n) is 3.58. The molecule has 0 unspecified atom stereocenters. The second kappa shape index (κ2) is 8.41. The van der Waals surface area contributed by atoms with E-state index in [-0.39, 0.29) is 0 Å². The summed E-state index contributed by atoms with van der Waals surface area (Å²) < 4.78 is 10.8. The molecule has 22 heavy (non-hydrogen) atoms. The molecule has 0 amide bonds. The van der Waals surface area contributed by atoms with Gasteiger partial charge in [-0.05, 0) is 23.8 Å². The van der Waals surface area contributed by atoms with Crippen LogP contribution < -0.4 is 15.2 Å². The first-order chi connectivity index (χ1) is 10.8. The number of rotatable bonds is 8. The van der Waals surface area contributed by atoms with Crippen molar-refractivity contribution in [1.29, 1.82) is 0 Å². The fraction of sp³-hybridized carbons (Fsp3) is 0.333. The summed E-state index contributed by atoms with van der Waals surface area (Å²) in [5, 5.41) is 0. The van der Waals surface area contributed by atoms with Crippen LogP contribution in [0, 0.1) is 0 Å². The number of nitrogens with two attached hydrogens (primary N) is 1. The Balaban J connectivity index is 2.16. The Kier molecular flexibility index (Phi) is 6.25. The molecule has 4 heteroatoms. The van der Waals surface area contributed by atoms with Gasteiger partial charge in [0.2, 0.25) is 0 Å². The molecule has 2 rings (SSSR count). The Bertz CT molecular complexity index is 573. The molecular formula is C18H24N2O2. The minimum atomic E-state index is 0.624. The van der Waals surface area contributed by atoms with Crippen LogP contribution in [0.5, 0.6) is 11.5 Å². The fourth-order valence-corrected chi connectivity index (χ4v) is 2.48. The highest BCUT2D eigenvalue weighted by Gasteiger charge is 2.11. The maximum atomic E-state index is 5.77. The average molecular weight is 300 g/mol. The van der Waals surface area contributed by atoms with Crippen LogP contribution in [0.15, 0.2) is 48.5 Å². The molecule has 0 aliphatic carbocycles. The van der Waals surface area contributed by atoms with Crippen LogP contribution >= 0.6 is 0 Å². The average Bonchev–Trinajstić information content (AvgIpc) is 2.56. The van der Waals surface area contributed by atoms with E-state index in [1.165, 1.54) is 5.56 Å². The highest BCUT2D eigenvalue weighted by atomic mass is 16.5. The molecule has 4 nitrogen and oxygen atoms in total. The van der Waals surface area contributed by atoms with Crippen molar-refractivity contribution in [2.75, 3.05) is 27.3 Å². The van der Waals surface area contributed by atoms with Gasteiger partial charge in [0.25, 0.3) is 0 Å². The van der Waals surface area contributed by atoms with Gasteiger partial charge in [-0.3, -0.25) is 4.90 Å². The molecule has 0 aromatic heterocycles. The topological polar surface area (TPSA) is 47.7 Å². The van der Waals surface area contributed by atoms with E-state index in [1.807, 2.05) is 24.3 Å². The Morgan fingerprint density at radius 1 is 0.955 bits per heavy atom. The van der Waals surface area contributed by atoms with Crippen molar-refractivity contribution in [3.8, 4) is 11.5 Å². The lowest BCUT2D eigenvalue weighted by Gasteiger charge is -2.23. The van der Waals surface area contributed by atoms with Crippen molar-refractivity contribution in [2.45, 2.75) is 13.1 Å². The molecule has 0 spiro atoms. The SMILES string of the molecule is COc1ccc(OC)c(CN(CCN)Cc2ccccc2)c1. The Labute approximate surface area is 132 Å². The van der Waals surface area contributed by atoms with E-state index in [0.29, 0.717) is 6.54 Å². The molecule has 0 atom stereocenters. The second-order valence-electron chi connectivity index (χ2n) is 5.16. The van der Waals surface area contributed by atoms with Gasteiger partial charge in [0.05, 0.1) is 14.2 Å². The monoisotopic (exact) mass is 300 g/mol. The molecule has 0 bridgehead atoms. The van der Waals surface area contributed by atoms with Crippen molar-refractivity contribution in [3.63, 3.8) is 0 Å². The van der Waals surface area contributed by atoms with Gasteiger partial charge in [-0.2, -0.15) is 0 Å². The summed E-state index contributed by atoms with van der Waals surface area (Å²) in [5.74, 6) is 1.71. The van der Waals surface area contributed by atoms with E-state index in [4.69, 9.17) is 15.2 Å². The lowest BCUT2D eigenvalue weighted by Crippen LogP contribution is -2.28. The maximum absolute atomic E-state index is 5.77.